The van der Waals surface area contributed by atoms with Gasteiger partial charge in [-0.05, 0) is 13.0 Å². The summed E-state index contributed by atoms with van der Waals surface area (Å²) in [5, 5.41) is 19.9. The topological polar surface area (TPSA) is 128 Å². The highest BCUT2D eigenvalue weighted by Crippen LogP contribution is 2.04. The summed E-state index contributed by atoms with van der Waals surface area (Å²) in [6.07, 6.45) is 0. The molecule has 0 aliphatic rings. The van der Waals surface area contributed by atoms with Crippen LogP contribution in [0.5, 0.6) is 0 Å². The molecule has 2 N–H and O–H groups in total. The molecular weight excluding hydrogens is 278 g/mol. The van der Waals surface area contributed by atoms with Gasteiger partial charge in [0.05, 0.1) is 19.2 Å². The number of nitrogens with zero attached hydrogens (tertiary/aromatic N) is 5. The zero-order chi connectivity index (χ0) is 15.2. The van der Waals surface area contributed by atoms with Crippen molar-refractivity contribution in [2.75, 3.05) is 13.7 Å². The molecule has 1 amide bonds. The molecule has 112 valence electrons. The van der Waals surface area contributed by atoms with Gasteiger partial charge >= 0.3 is 0 Å². The molecule has 0 fully saturated rings. The zero-order valence-corrected chi connectivity index (χ0v) is 11.6. The van der Waals surface area contributed by atoms with Crippen LogP contribution in [0, 0.1) is 0 Å². The summed E-state index contributed by atoms with van der Waals surface area (Å²) in [4.78, 5) is 23.7. The van der Waals surface area contributed by atoms with E-state index in [2.05, 4.69) is 31.0 Å². The number of tetrazole rings is 1. The molecule has 0 aliphatic heterocycles. The monoisotopic (exact) mass is 293 g/mol. The number of aromatic nitrogens is 6. The number of aromatic amines is 1. The van der Waals surface area contributed by atoms with Crippen LogP contribution in [0.25, 0.3) is 0 Å². The Morgan fingerprint density at radius 2 is 2.33 bits per heavy atom. The quantitative estimate of drug-likeness (QED) is 0.691. The van der Waals surface area contributed by atoms with Gasteiger partial charge in [0.1, 0.15) is 5.69 Å². The molecule has 2 aromatic rings. The van der Waals surface area contributed by atoms with Crippen LogP contribution in [0.3, 0.4) is 0 Å². The number of carbonyl (C=O) groups is 1. The average molecular weight is 293 g/mol. The SMILES string of the molecule is COCCn1nc(C(=O)NC(C)c2nn[nH]n2)ccc1=O. The Bertz CT molecular complexity index is 652. The van der Waals surface area contributed by atoms with Crippen molar-refractivity contribution >= 4 is 5.91 Å². The summed E-state index contributed by atoms with van der Waals surface area (Å²) in [5.41, 5.74) is -0.170. The number of methoxy groups -OCH3 is 1. The van der Waals surface area contributed by atoms with Gasteiger partial charge in [0.25, 0.3) is 11.5 Å². The lowest BCUT2D eigenvalue weighted by atomic mass is 10.3. The number of hydrogen-bond acceptors (Lipinski definition) is 7. The van der Waals surface area contributed by atoms with Crippen molar-refractivity contribution in [2.45, 2.75) is 19.5 Å². The van der Waals surface area contributed by atoms with E-state index >= 15 is 0 Å². The number of carbonyl (C=O) groups excluding carboxylic acids is 1. The third-order valence-corrected chi connectivity index (χ3v) is 2.70. The third kappa shape index (κ3) is 3.69. The molecule has 2 rings (SSSR count). The maximum atomic E-state index is 12.1. The first kappa shape index (κ1) is 14.8. The lowest BCUT2D eigenvalue weighted by Gasteiger charge is -2.10. The van der Waals surface area contributed by atoms with E-state index in [0.717, 1.165) is 0 Å². The smallest absolute Gasteiger partial charge is 0.272 e. The fraction of sp³-hybridized carbons (Fsp3) is 0.455. The second-order valence-electron chi connectivity index (χ2n) is 4.24. The van der Waals surface area contributed by atoms with Crippen LogP contribution in [-0.4, -0.2) is 50.0 Å². The molecule has 0 saturated heterocycles. The first-order valence-electron chi connectivity index (χ1n) is 6.23. The normalized spacial score (nSPS) is 12.1. The lowest BCUT2D eigenvalue weighted by Crippen LogP contribution is -2.32. The highest BCUT2D eigenvalue weighted by Gasteiger charge is 2.16. The second-order valence-corrected chi connectivity index (χ2v) is 4.24. The van der Waals surface area contributed by atoms with Crippen LogP contribution in [-0.2, 0) is 11.3 Å². The Balaban J connectivity index is 2.10. The largest absolute Gasteiger partial charge is 0.383 e. The van der Waals surface area contributed by atoms with Crippen LogP contribution < -0.4 is 10.9 Å². The molecule has 2 aromatic heterocycles. The van der Waals surface area contributed by atoms with Gasteiger partial charge in [-0.3, -0.25) is 9.59 Å². The molecule has 0 bridgehead atoms. The summed E-state index contributed by atoms with van der Waals surface area (Å²) in [7, 11) is 1.52. The van der Waals surface area contributed by atoms with Crippen molar-refractivity contribution in [3.05, 3.63) is 34.0 Å². The van der Waals surface area contributed by atoms with Crippen molar-refractivity contribution in [2.24, 2.45) is 0 Å². The zero-order valence-electron chi connectivity index (χ0n) is 11.6. The predicted octanol–water partition coefficient (Wildman–Crippen LogP) is -1.11. The van der Waals surface area contributed by atoms with Crippen LogP contribution in [0.15, 0.2) is 16.9 Å². The van der Waals surface area contributed by atoms with Crippen molar-refractivity contribution in [1.82, 2.24) is 35.7 Å². The van der Waals surface area contributed by atoms with Crippen molar-refractivity contribution < 1.29 is 9.53 Å². The minimum Gasteiger partial charge on any atom is -0.383 e. The van der Waals surface area contributed by atoms with E-state index in [0.29, 0.717) is 12.4 Å². The molecule has 0 aromatic carbocycles. The van der Waals surface area contributed by atoms with E-state index in [-0.39, 0.29) is 17.8 Å². The number of ether oxygens (including phenoxy) is 1. The van der Waals surface area contributed by atoms with Gasteiger partial charge < -0.3 is 10.1 Å². The van der Waals surface area contributed by atoms with Crippen molar-refractivity contribution in [3.63, 3.8) is 0 Å². The highest BCUT2D eigenvalue weighted by atomic mass is 16.5. The molecule has 0 saturated carbocycles. The first-order chi connectivity index (χ1) is 10.1. The van der Waals surface area contributed by atoms with E-state index in [9.17, 15) is 9.59 Å². The molecule has 10 heteroatoms. The molecule has 21 heavy (non-hydrogen) atoms. The van der Waals surface area contributed by atoms with E-state index in [1.807, 2.05) is 0 Å². The van der Waals surface area contributed by atoms with Gasteiger partial charge in [-0.15, -0.1) is 10.2 Å². The number of amides is 1. The minimum atomic E-state index is -0.433. The van der Waals surface area contributed by atoms with Gasteiger partial charge in [0.2, 0.25) is 0 Å². The van der Waals surface area contributed by atoms with Gasteiger partial charge in [-0.1, -0.05) is 5.21 Å². The summed E-state index contributed by atoms with van der Waals surface area (Å²) in [6, 6.07) is 2.22. The number of hydrogen-bond donors (Lipinski definition) is 2. The van der Waals surface area contributed by atoms with Gasteiger partial charge in [-0.2, -0.15) is 10.3 Å². The molecule has 0 radical (unpaired) electrons. The van der Waals surface area contributed by atoms with Gasteiger partial charge in [-0.25, -0.2) is 4.68 Å². The van der Waals surface area contributed by atoms with Crippen LogP contribution in [0.2, 0.25) is 0 Å². The molecule has 1 atom stereocenters. The van der Waals surface area contributed by atoms with Gasteiger partial charge in [0, 0.05) is 13.2 Å². The van der Waals surface area contributed by atoms with Crippen molar-refractivity contribution in [1.29, 1.82) is 0 Å². The van der Waals surface area contributed by atoms with Crippen molar-refractivity contribution in [3.8, 4) is 0 Å². The molecule has 0 spiro atoms. The Hall–Kier alpha value is -2.62. The van der Waals surface area contributed by atoms with Crippen LogP contribution in [0.1, 0.15) is 29.3 Å². The summed E-state index contributed by atoms with van der Waals surface area (Å²) >= 11 is 0. The predicted molar refractivity (Wildman–Crippen MR) is 70.4 cm³/mol. The average Bonchev–Trinajstić information content (AvgIpc) is 3.00. The molecule has 0 aliphatic carbocycles. The maximum absolute atomic E-state index is 12.1. The summed E-state index contributed by atoms with van der Waals surface area (Å²) in [6.45, 7) is 2.32. The van der Waals surface area contributed by atoms with Gasteiger partial charge in [0.15, 0.2) is 5.82 Å². The number of nitrogens with one attached hydrogen (secondary N) is 2. The summed E-state index contributed by atoms with van der Waals surface area (Å²) < 4.78 is 6.07. The summed E-state index contributed by atoms with van der Waals surface area (Å²) in [5.74, 6) is -0.0745. The second kappa shape index (κ2) is 6.70. The fourth-order valence-electron chi connectivity index (χ4n) is 1.60. The Morgan fingerprint density at radius 3 is 3.00 bits per heavy atom. The van der Waals surface area contributed by atoms with E-state index in [1.165, 1.54) is 23.9 Å². The van der Waals surface area contributed by atoms with Crippen LogP contribution >= 0.6 is 0 Å². The number of rotatable bonds is 6. The lowest BCUT2D eigenvalue weighted by molar-refractivity contribution is 0.0929. The Kier molecular flexibility index (Phi) is 4.72. The standard InChI is InChI=1S/C11H15N7O3/c1-7(10-13-16-17-14-10)12-11(20)8-3-4-9(19)18(15-8)5-6-21-2/h3-4,7H,5-6H2,1-2H3,(H,12,20)(H,13,14,16,17). The third-order valence-electron chi connectivity index (χ3n) is 2.70. The Morgan fingerprint density at radius 1 is 1.52 bits per heavy atom. The van der Waals surface area contributed by atoms with Crippen LogP contribution in [0.4, 0.5) is 0 Å². The molecular formula is C11H15N7O3. The van der Waals surface area contributed by atoms with E-state index < -0.39 is 11.9 Å². The minimum absolute atomic E-state index is 0.126. The highest BCUT2D eigenvalue weighted by molar-refractivity contribution is 5.92. The number of H-pyrrole nitrogens is 1. The fourth-order valence-corrected chi connectivity index (χ4v) is 1.60. The first-order valence-corrected chi connectivity index (χ1v) is 6.23. The molecule has 1 unspecified atom stereocenters. The van der Waals surface area contributed by atoms with E-state index in [4.69, 9.17) is 4.74 Å². The molecule has 2 heterocycles. The Labute approximate surface area is 119 Å². The maximum Gasteiger partial charge on any atom is 0.272 e. The molecule has 10 nitrogen and oxygen atoms in total. The van der Waals surface area contributed by atoms with E-state index in [1.54, 1.807) is 6.92 Å².